The first-order chi connectivity index (χ1) is 9.39. The van der Waals surface area contributed by atoms with Gasteiger partial charge in [0, 0.05) is 31.4 Å². The van der Waals surface area contributed by atoms with E-state index in [1.807, 2.05) is 0 Å². The first kappa shape index (κ1) is 15.1. The van der Waals surface area contributed by atoms with Crippen molar-refractivity contribution in [2.24, 2.45) is 0 Å². The zero-order valence-electron chi connectivity index (χ0n) is 13.6. The van der Waals surface area contributed by atoms with E-state index in [4.69, 9.17) is 0 Å². The number of rotatable bonds is 4. The van der Waals surface area contributed by atoms with Crippen LogP contribution >= 0.6 is 0 Å². The Bertz CT molecular complexity index is 495. The van der Waals surface area contributed by atoms with Crippen LogP contribution < -0.4 is 10.2 Å². The Balaban J connectivity index is 2.12. The highest BCUT2D eigenvalue weighted by atomic mass is 15.1. The van der Waals surface area contributed by atoms with Crippen molar-refractivity contribution in [3.63, 3.8) is 0 Å². The number of hydrogen-bond donors (Lipinski definition) is 1. The molecule has 1 aliphatic heterocycles. The molecule has 0 aromatic heterocycles. The summed E-state index contributed by atoms with van der Waals surface area (Å²) < 4.78 is 0. The molecule has 110 valence electrons. The summed E-state index contributed by atoms with van der Waals surface area (Å²) in [4.78, 5) is 2.34. The molecular formula is C18H28N2. The molecular weight excluding hydrogens is 244 g/mol. The Morgan fingerprint density at radius 2 is 2.10 bits per heavy atom. The molecule has 2 heteroatoms. The van der Waals surface area contributed by atoms with Crippen LogP contribution in [0.25, 0.3) is 6.08 Å². The highest BCUT2D eigenvalue weighted by Crippen LogP contribution is 2.28. The predicted molar refractivity (Wildman–Crippen MR) is 89.4 cm³/mol. The van der Waals surface area contributed by atoms with Crippen LogP contribution in [-0.4, -0.2) is 25.7 Å². The monoisotopic (exact) mass is 272 g/mol. The molecule has 1 heterocycles. The summed E-state index contributed by atoms with van der Waals surface area (Å²) in [6.07, 6.45) is 4.62. The third kappa shape index (κ3) is 3.86. The minimum Gasteiger partial charge on any atom is -0.374 e. The van der Waals surface area contributed by atoms with E-state index in [1.54, 1.807) is 0 Å². The first-order valence-electron chi connectivity index (χ1n) is 7.67. The van der Waals surface area contributed by atoms with E-state index >= 15 is 0 Å². The van der Waals surface area contributed by atoms with Crippen molar-refractivity contribution in [1.82, 2.24) is 5.32 Å². The maximum Gasteiger partial charge on any atom is 0.0397 e. The van der Waals surface area contributed by atoms with Crippen LogP contribution in [0.5, 0.6) is 0 Å². The molecule has 0 unspecified atom stereocenters. The number of nitrogens with zero attached hydrogens (tertiary/aromatic N) is 1. The van der Waals surface area contributed by atoms with Gasteiger partial charge in [0.15, 0.2) is 0 Å². The molecule has 0 fully saturated rings. The van der Waals surface area contributed by atoms with Crippen LogP contribution in [0.2, 0.25) is 0 Å². The highest BCUT2D eigenvalue weighted by molar-refractivity contribution is 5.64. The number of anilines is 1. The van der Waals surface area contributed by atoms with Gasteiger partial charge in [-0.1, -0.05) is 24.6 Å². The summed E-state index contributed by atoms with van der Waals surface area (Å²) in [6.45, 7) is 11.0. The molecule has 1 aromatic rings. The molecule has 0 amide bonds. The van der Waals surface area contributed by atoms with Crippen molar-refractivity contribution >= 4 is 11.8 Å². The van der Waals surface area contributed by atoms with E-state index in [2.05, 4.69) is 69.2 Å². The summed E-state index contributed by atoms with van der Waals surface area (Å²) in [6, 6.07) is 6.86. The molecule has 0 atom stereocenters. The van der Waals surface area contributed by atoms with E-state index < -0.39 is 0 Å². The van der Waals surface area contributed by atoms with E-state index in [-0.39, 0.29) is 5.54 Å². The van der Waals surface area contributed by atoms with Gasteiger partial charge in [0.2, 0.25) is 0 Å². The zero-order valence-corrected chi connectivity index (χ0v) is 13.6. The fourth-order valence-electron chi connectivity index (χ4n) is 2.57. The summed E-state index contributed by atoms with van der Waals surface area (Å²) in [5.74, 6) is 0. The topological polar surface area (TPSA) is 15.3 Å². The zero-order chi connectivity index (χ0) is 14.8. The number of likely N-dealkylation sites (N-methyl/N-ethyl adjacent to an activating group) is 1. The fourth-order valence-corrected chi connectivity index (χ4v) is 2.57. The molecule has 1 aliphatic rings. The Hall–Kier alpha value is -1.28. The van der Waals surface area contributed by atoms with Gasteiger partial charge in [-0.3, -0.25) is 0 Å². The predicted octanol–water partition coefficient (Wildman–Crippen LogP) is 3.86. The Labute approximate surface area is 123 Å². The van der Waals surface area contributed by atoms with Crippen molar-refractivity contribution in [3.8, 4) is 0 Å². The second-order valence-electron chi connectivity index (χ2n) is 6.82. The first-order valence-corrected chi connectivity index (χ1v) is 7.67. The molecule has 2 nitrogen and oxygen atoms in total. The standard InChI is InChI=1S/C18H28N2/c1-6-14(13-19-18(2,3)4)11-15-7-8-17-16(12-15)9-10-20(17)5/h7-8,11-12,19H,6,9-10,13H2,1-5H3. The van der Waals surface area contributed by atoms with Gasteiger partial charge in [-0.2, -0.15) is 0 Å². The van der Waals surface area contributed by atoms with Crippen LogP contribution in [0.4, 0.5) is 5.69 Å². The lowest BCUT2D eigenvalue weighted by atomic mass is 10.0. The molecule has 0 bridgehead atoms. The van der Waals surface area contributed by atoms with Gasteiger partial charge >= 0.3 is 0 Å². The minimum absolute atomic E-state index is 0.176. The highest BCUT2D eigenvalue weighted by Gasteiger charge is 2.15. The van der Waals surface area contributed by atoms with E-state index in [0.717, 1.165) is 19.5 Å². The van der Waals surface area contributed by atoms with Crippen molar-refractivity contribution < 1.29 is 0 Å². The summed E-state index contributed by atoms with van der Waals surface area (Å²) in [5, 5.41) is 3.58. The lowest BCUT2D eigenvalue weighted by molar-refractivity contribution is 0.443. The average Bonchev–Trinajstić information content (AvgIpc) is 2.75. The smallest absolute Gasteiger partial charge is 0.0397 e. The number of nitrogens with one attached hydrogen (secondary N) is 1. The molecule has 0 radical (unpaired) electrons. The van der Waals surface area contributed by atoms with Gasteiger partial charge < -0.3 is 10.2 Å². The van der Waals surface area contributed by atoms with E-state index in [0.29, 0.717) is 0 Å². The molecule has 0 spiro atoms. The number of benzene rings is 1. The molecule has 1 N–H and O–H groups in total. The lowest BCUT2D eigenvalue weighted by Crippen LogP contribution is -2.36. The second-order valence-corrected chi connectivity index (χ2v) is 6.82. The van der Waals surface area contributed by atoms with Gasteiger partial charge in [-0.15, -0.1) is 0 Å². The fraction of sp³-hybridized carbons (Fsp3) is 0.556. The SMILES string of the molecule is CCC(=Cc1ccc2c(c1)CCN2C)CNC(C)(C)C. The molecule has 20 heavy (non-hydrogen) atoms. The van der Waals surface area contributed by atoms with Crippen LogP contribution in [0.1, 0.15) is 45.2 Å². The van der Waals surface area contributed by atoms with E-state index in [1.165, 1.54) is 28.8 Å². The summed E-state index contributed by atoms with van der Waals surface area (Å²) >= 11 is 0. The van der Waals surface area contributed by atoms with Gasteiger partial charge in [0.25, 0.3) is 0 Å². The Kier molecular flexibility index (Phi) is 4.54. The third-order valence-electron chi connectivity index (χ3n) is 3.90. The Morgan fingerprint density at radius 3 is 2.75 bits per heavy atom. The Morgan fingerprint density at radius 1 is 1.35 bits per heavy atom. The van der Waals surface area contributed by atoms with Crippen LogP contribution in [0, 0.1) is 0 Å². The van der Waals surface area contributed by atoms with Crippen molar-refractivity contribution in [2.75, 3.05) is 25.0 Å². The van der Waals surface area contributed by atoms with Crippen LogP contribution in [0.3, 0.4) is 0 Å². The van der Waals surface area contributed by atoms with Gasteiger partial charge in [0.05, 0.1) is 0 Å². The molecule has 0 saturated carbocycles. The largest absolute Gasteiger partial charge is 0.374 e. The number of fused-ring (bicyclic) bond motifs is 1. The lowest BCUT2D eigenvalue weighted by Gasteiger charge is -2.21. The van der Waals surface area contributed by atoms with Gasteiger partial charge in [0.1, 0.15) is 0 Å². The van der Waals surface area contributed by atoms with Crippen LogP contribution in [0.15, 0.2) is 23.8 Å². The number of hydrogen-bond acceptors (Lipinski definition) is 2. The molecule has 0 saturated heterocycles. The normalized spacial score (nSPS) is 15.7. The molecule has 2 rings (SSSR count). The summed E-state index contributed by atoms with van der Waals surface area (Å²) in [7, 11) is 2.17. The van der Waals surface area contributed by atoms with Gasteiger partial charge in [-0.25, -0.2) is 0 Å². The van der Waals surface area contributed by atoms with Crippen LogP contribution in [-0.2, 0) is 6.42 Å². The summed E-state index contributed by atoms with van der Waals surface area (Å²) in [5.41, 5.74) is 5.86. The molecule has 1 aromatic carbocycles. The third-order valence-corrected chi connectivity index (χ3v) is 3.90. The maximum absolute atomic E-state index is 3.58. The maximum atomic E-state index is 3.58. The molecule has 0 aliphatic carbocycles. The minimum atomic E-state index is 0.176. The van der Waals surface area contributed by atoms with E-state index in [9.17, 15) is 0 Å². The van der Waals surface area contributed by atoms with Crippen molar-refractivity contribution in [1.29, 1.82) is 0 Å². The quantitative estimate of drug-likeness (QED) is 0.895. The second kappa shape index (κ2) is 6.01. The van der Waals surface area contributed by atoms with Crippen molar-refractivity contribution in [2.45, 2.75) is 46.1 Å². The average molecular weight is 272 g/mol. The van der Waals surface area contributed by atoms with Gasteiger partial charge in [-0.05, 0) is 56.9 Å². The van der Waals surface area contributed by atoms with Crippen molar-refractivity contribution in [3.05, 3.63) is 34.9 Å².